The summed E-state index contributed by atoms with van der Waals surface area (Å²) in [4.78, 5) is 29.6. The molecular weight excluding hydrogens is 270 g/mol. The molecule has 6 nitrogen and oxygen atoms in total. The van der Waals surface area contributed by atoms with Gasteiger partial charge in [-0.2, -0.15) is 0 Å². The van der Waals surface area contributed by atoms with E-state index >= 15 is 0 Å². The second-order valence-corrected chi connectivity index (χ2v) is 6.39. The van der Waals surface area contributed by atoms with E-state index in [-0.39, 0.29) is 11.9 Å². The second-order valence-electron chi connectivity index (χ2n) is 6.39. The maximum atomic E-state index is 12.5. The van der Waals surface area contributed by atoms with Crippen LogP contribution in [0.5, 0.6) is 0 Å². The molecule has 0 spiro atoms. The molecule has 1 N–H and O–H groups in total. The van der Waals surface area contributed by atoms with E-state index in [1.807, 2.05) is 11.8 Å². The van der Waals surface area contributed by atoms with Crippen molar-refractivity contribution in [3.05, 3.63) is 0 Å². The minimum absolute atomic E-state index is 0.00871. The first-order valence-corrected chi connectivity index (χ1v) is 7.94. The number of rotatable bonds is 3. The minimum Gasteiger partial charge on any atom is -0.481 e. The number of nitrogens with zero attached hydrogens (tertiary/aromatic N) is 3. The standard InChI is InChI=1S/C15H27N3O3/c1-4-12(3)16-5-7-17(8-6-16)15(21)18-9-11(2)13(10-18)14(19)20/h11-13H,4-10H2,1-3H3,(H,19,20). The van der Waals surface area contributed by atoms with Crippen molar-refractivity contribution < 1.29 is 14.7 Å². The van der Waals surface area contributed by atoms with E-state index in [1.165, 1.54) is 0 Å². The molecule has 0 aromatic carbocycles. The molecule has 6 heteroatoms. The highest BCUT2D eigenvalue weighted by Crippen LogP contribution is 2.24. The Morgan fingerprint density at radius 2 is 1.76 bits per heavy atom. The summed E-state index contributed by atoms with van der Waals surface area (Å²) >= 11 is 0. The van der Waals surface area contributed by atoms with E-state index in [1.54, 1.807) is 4.90 Å². The van der Waals surface area contributed by atoms with Gasteiger partial charge in [-0.15, -0.1) is 0 Å². The molecule has 21 heavy (non-hydrogen) atoms. The first kappa shape index (κ1) is 16.1. The zero-order valence-electron chi connectivity index (χ0n) is 13.3. The molecule has 2 heterocycles. The van der Waals surface area contributed by atoms with Gasteiger partial charge in [0.1, 0.15) is 0 Å². The molecule has 2 aliphatic heterocycles. The summed E-state index contributed by atoms with van der Waals surface area (Å²) in [7, 11) is 0. The van der Waals surface area contributed by atoms with Crippen LogP contribution in [-0.4, -0.2) is 77.1 Å². The lowest BCUT2D eigenvalue weighted by molar-refractivity contribution is -0.142. The molecule has 0 aromatic rings. The summed E-state index contributed by atoms with van der Waals surface area (Å²) in [6.45, 7) is 10.5. The number of likely N-dealkylation sites (tertiary alicyclic amines) is 1. The third kappa shape index (κ3) is 3.48. The highest BCUT2D eigenvalue weighted by molar-refractivity contribution is 5.77. The Hall–Kier alpha value is -1.30. The fourth-order valence-corrected chi connectivity index (χ4v) is 3.26. The Morgan fingerprint density at radius 3 is 2.24 bits per heavy atom. The summed E-state index contributed by atoms with van der Waals surface area (Å²) in [6, 6.07) is 0.569. The maximum absolute atomic E-state index is 12.5. The summed E-state index contributed by atoms with van der Waals surface area (Å²) < 4.78 is 0. The number of carboxylic acids is 1. The fourth-order valence-electron chi connectivity index (χ4n) is 3.26. The number of piperazine rings is 1. The van der Waals surface area contributed by atoms with Gasteiger partial charge in [-0.05, 0) is 19.3 Å². The molecule has 2 saturated heterocycles. The van der Waals surface area contributed by atoms with Crippen molar-refractivity contribution in [3.63, 3.8) is 0 Å². The van der Waals surface area contributed by atoms with Crippen molar-refractivity contribution in [1.29, 1.82) is 0 Å². The van der Waals surface area contributed by atoms with Gasteiger partial charge in [0.2, 0.25) is 0 Å². The SMILES string of the molecule is CCC(C)N1CCN(C(=O)N2CC(C)C(C(=O)O)C2)CC1. The molecule has 3 atom stereocenters. The van der Waals surface area contributed by atoms with Crippen LogP contribution in [0.4, 0.5) is 4.79 Å². The van der Waals surface area contributed by atoms with Crippen molar-refractivity contribution >= 4 is 12.0 Å². The average Bonchev–Trinajstić information content (AvgIpc) is 2.88. The van der Waals surface area contributed by atoms with Gasteiger partial charge in [0.25, 0.3) is 0 Å². The second kappa shape index (κ2) is 6.64. The van der Waals surface area contributed by atoms with E-state index < -0.39 is 11.9 Å². The molecular formula is C15H27N3O3. The monoisotopic (exact) mass is 297 g/mol. The largest absolute Gasteiger partial charge is 0.481 e. The zero-order chi connectivity index (χ0) is 15.6. The van der Waals surface area contributed by atoms with Crippen LogP contribution in [0.3, 0.4) is 0 Å². The molecule has 0 radical (unpaired) electrons. The smallest absolute Gasteiger partial charge is 0.320 e. The Bertz CT molecular complexity index is 394. The number of hydrogen-bond acceptors (Lipinski definition) is 3. The number of carbonyl (C=O) groups is 2. The van der Waals surface area contributed by atoms with Crippen LogP contribution in [0.25, 0.3) is 0 Å². The van der Waals surface area contributed by atoms with Crippen LogP contribution in [0.1, 0.15) is 27.2 Å². The number of carbonyl (C=O) groups excluding carboxylic acids is 1. The van der Waals surface area contributed by atoms with Gasteiger partial charge in [-0.25, -0.2) is 4.79 Å². The van der Waals surface area contributed by atoms with Gasteiger partial charge in [0, 0.05) is 45.3 Å². The van der Waals surface area contributed by atoms with E-state index in [9.17, 15) is 9.59 Å². The normalized spacial score (nSPS) is 28.7. The minimum atomic E-state index is -0.792. The molecule has 2 aliphatic rings. The summed E-state index contributed by atoms with van der Waals surface area (Å²) in [5.41, 5.74) is 0. The molecule has 0 bridgehead atoms. The summed E-state index contributed by atoms with van der Waals surface area (Å²) in [5, 5.41) is 9.16. The Balaban J connectivity index is 1.87. The van der Waals surface area contributed by atoms with Crippen molar-refractivity contribution in [2.45, 2.75) is 33.2 Å². The molecule has 2 amide bonds. The highest BCUT2D eigenvalue weighted by Gasteiger charge is 2.38. The van der Waals surface area contributed by atoms with Crippen molar-refractivity contribution in [1.82, 2.24) is 14.7 Å². The summed E-state index contributed by atoms with van der Waals surface area (Å²) in [5.74, 6) is -1.18. The van der Waals surface area contributed by atoms with Crippen molar-refractivity contribution in [2.24, 2.45) is 11.8 Å². The number of amides is 2. The molecule has 0 aliphatic carbocycles. The van der Waals surface area contributed by atoms with Crippen LogP contribution in [-0.2, 0) is 4.79 Å². The van der Waals surface area contributed by atoms with E-state index in [0.29, 0.717) is 19.1 Å². The number of carboxylic acid groups (broad SMARTS) is 1. The third-order valence-electron chi connectivity index (χ3n) is 5.00. The quantitative estimate of drug-likeness (QED) is 0.849. The van der Waals surface area contributed by atoms with Crippen LogP contribution < -0.4 is 0 Å². The van der Waals surface area contributed by atoms with Gasteiger partial charge >= 0.3 is 12.0 Å². The highest BCUT2D eigenvalue weighted by atomic mass is 16.4. The first-order valence-electron chi connectivity index (χ1n) is 7.94. The molecule has 2 fully saturated rings. The van der Waals surface area contributed by atoms with Crippen LogP contribution >= 0.6 is 0 Å². The Labute approximate surface area is 126 Å². The molecule has 120 valence electrons. The Kier molecular flexibility index (Phi) is 5.08. The fraction of sp³-hybridized carbons (Fsp3) is 0.867. The molecule has 2 rings (SSSR count). The van der Waals surface area contributed by atoms with Crippen LogP contribution in [0, 0.1) is 11.8 Å². The van der Waals surface area contributed by atoms with E-state index in [4.69, 9.17) is 5.11 Å². The van der Waals surface area contributed by atoms with E-state index in [0.717, 1.165) is 32.6 Å². The van der Waals surface area contributed by atoms with E-state index in [2.05, 4.69) is 18.7 Å². The number of hydrogen-bond donors (Lipinski definition) is 1. The lowest BCUT2D eigenvalue weighted by atomic mass is 9.99. The molecule has 0 aromatic heterocycles. The van der Waals surface area contributed by atoms with Crippen molar-refractivity contribution in [3.8, 4) is 0 Å². The average molecular weight is 297 g/mol. The van der Waals surface area contributed by atoms with Gasteiger partial charge in [-0.3, -0.25) is 9.69 Å². The van der Waals surface area contributed by atoms with Crippen LogP contribution in [0.2, 0.25) is 0 Å². The molecule has 0 saturated carbocycles. The van der Waals surface area contributed by atoms with Crippen molar-refractivity contribution in [2.75, 3.05) is 39.3 Å². The maximum Gasteiger partial charge on any atom is 0.320 e. The van der Waals surface area contributed by atoms with Gasteiger partial charge in [-0.1, -0.05) is 13.8 Å². The lowest BCUT2D eigenvalue weighted by Gasteiger charge is -2.39. The lowest BCUT2D eigenvalue weighted by Crippen LogP contribution is -2.54. The van der Waals surface area contributed by atoms with Gasteiger partial charge in [0.15, 0.2) is 0 Å². The topological polar surface area (TPSA) is 64.1 Å². The van der Waals surface area contributed by atoms with Crippen LogP contribution in [0.15, 0.2) is 0 Å². The first-order chi connectivity index (χ1) is 9.93. The predicted molar refractivity (Wildman–Crippen MR) is 80.2 cm³/mol. The van der Waals surface area contributed by atoms with Gasteiger partial charge in [0.05, 0.1) is 5.92 Å². The summed E-state index contributed by atoms with van der Waals surface area (Å²) in [6.07, 6.45) is 1.12. The third-order valence-corrected chi connectivity index (χ3v) is 5.00. The Morgan fingerprint density at radius 1 is 1.14 bits per heavy atom. The zero-order valence-corrected chi connectivity index (χ0v) is 13.3. The van der Waals surface area contributed by atoms with Gasteiger partial charge < -0.3 is 14.9 Å². The number of aliphatic carboxylic acids is 1. The predicted octanol–water partition coefficient (Wildman–Crippen LogP) is 1.18. The number of urea groups is 1. The molecule has 3 unspecified atom stereocenters.